The zero-order valence-corrected chi connectivity index (χ0v) is 16.1. The van der Waals surface area contributed by atoms with Crippen molar-refractivity contribution in [2.45, 2.75) is 17.7 Å². The predicted octanol–water partition coefficient (Wildman–Crippen LogP) is 4.55. The summed E-state index contributed by atoms with van der Waals surface area (Å²) in [5, 5.41) is 3.59. The molecule has 3 rings (SSSR count). The van der Waals surface area contributed by atoms with Gasteiger partial charge in [0.1, 0.15) is 0 Å². The molecule has 0 radical (unpaired) electrons. The van der Waals surface area contributed by atoms with Crippen LogP contribution in [0.3, 0.4) is 0 Å². The largest absolute Gasteiger partial charge is 0.338 e. The third-order valence-corrected chi connectivity index (χ3v) is 5.49. The van der Waals surface area contributed by atoms with Crippen LogP contribution in [0.4, 0.5) is 5.69 Å². The van der Waals surface area contributed by atoms with E-state index in [9.17, 15) is 9.59 Å². The van der Waals surface area contributed by atoms with Crippen molar-refractivity contribution >= 4 is 40.9 Å². The Morgan fingerprint density at radius 1 is 1.19 bits per heavy atom. The molecule has 2 amide bonds. The van der Waals surface area contributed by atoms with Gasteiger partial charge < -0.3 is 10.2 Å². The van der Waals surface area contributed by atoms with E-state index in [2.05, 4.69) is 5.32 Å². The summed E-state index contributed by atoms with van der Waals surface area (Å²) < 4.78 is 0. The lowest BCUT2D eigenvalue weighted by Gasteiger charge is -2.32. The first-order valence-corrected chi connectivity index (χ1v) is 10.2. The molecule has 0 unspecified atom stereocenters. The molecule has 0 spiro atoms. The van der Waals surface area contributed by atoms with Crippen molar-refractivity contribution in [2.24, 2.45) is 5.92 Å². The number of rotatable bonds is 4. The van der Waals surface area contributed by atoms with E-state index in [-0.39, 0.29) is 17.7 Å². The molecular formula is C20H21ClN2O2S. The van der Waals surface area contributed by atoms with Crippen LogP contribution in [0.25, 0.3) is 0 Å². The molecule has 1 fully saturated rings. The molecule has 1 saturated heterocycles. The van der Waals surface area contributed by atoms with Crippen LogP contribution in [-0.2, 0) is 4.79 Å². The van der Waals surface area contributed by atoms with E-state index >= 15 is 0 Å². The molecule has 0 saturated carbocycles. The number of piperidine rings is 1. The van der Waals surface area contributed by atoms with Crippen LogP contribution < -0.4 is 5.32 Å². The number of carbonyl (C=O) groups excluding carboxylic acids is 2. The Balaban J connectivity index is 1.64. The SMILES string of the molecule is CSc1cccc(NC(=O)[C@@H]2CCCN(C(=O)c3ccc(Cl)cc3)C2)c1. The first-order valence-electron chi connectivity index (χ1n) is 8.56. The van der Waals surface area contributed by atoms with Gasteiger partial charge >= 0.3 is 0 Å². The van der Waals surface area contributed by atoms with E-state index in [0.29, 0.717) is 23.7 Å². The molecule has 1 heterocycles. The molecule has 1 atom stereocenters. The number of amides is 2. The highest BCUT2D eigenvalue weighted by Crippen LogP contribution is 2.23. The second-order valence-electron chi connectivity index (χ2n) is 6.32. The third-order valence-electron chi connectivity index (χ3n) is 4.51. The summed E-state index contributed by atoms with van der Waals surface area (Å²) in [5.74, 6) is -0.279. The van der Waals surface area contributed by atoms with Crippen LogP contribution in [0, 0.1) is 5.92 Å². The van der Waals surface area contributed by atoms with Crippen molar-refractivity contribution in [1.29, 1.82) is 0 Å². The van der Waals surface area contributed by atoms with E-state index in [1.807, 2.05) is 30.5 Å². The van der Waals surface area contributed by atoms with Gasteiger partial charge in [-0.15, -0.1) is 11.8 Å². The normalized spacial score (nSPS) is 17.0. The summed E-state index contributed by atoms with van der Waals surface area (Å²) in [4.78, 5) is 28.2. The van der Waals surface area contributed by atoms with Crippen LogP contribution in [0.15, 0.2) is 53.4 Å². The standard InChI is InChI=1S/C20H21ClN2O2S/c1-26-18-6-2-5-17(12-18)22-19(24)15-4-3-11-23(13-15)20(25)14-7-9-16(21)10-8-14/h2,5-10,12,15H,3-4,11,13H2,1H3,(H,22,24)/t15-/m1/s1. The van der Waals surface area contributed by atoms with Gasteiger partial charge in [-0.25, -0.2) is 0 Å². The summed E-state index contributed by atoms with van der Waals surface area (Å²) in [6, 6.07) is 14.7. The Morgan fingerprint density at radius 2 is 1.96 bits per heavy atom. The van der Waals surface area contributed by atoms with Gasteiger partial charge in [0, 0.05) is 34.3 Å². The molecule has 0 aliphatic carbocycles. The Morgan fingerprint density at radius 3 is 2.69 bits per heavy atom. The summed E-state index contributed by atoms with van der Waals surface area (Å²) in [6.45, 7) is 1.11. The van der Waals surface area contributed by atoms with Gasteiger partial charge in [0.2, 0.25) is 5.91 Å². The summed E-state index contributed by atoms with van der Waals surface area (Å²) in [5.41, 5.74) is 1.39. The number of carbonyl (C=O) groups is 2. The van der Waals surface area contributed by atoms with E-state index in [4.69, 9.17) is 11.6 Å². The second-order valence-corrected chi connectivity index (χ2v) is 7.63. The number of hydrogen-bond acceptors (Lipinski definition) is 3. The van der Waals surface area contributed by atoms with Crippen LogP contribution >= 0.6 is 23.4 Å². The fraction of sp³-hybridized carbons (Fsp3) is 0.300. The number of anilines is 1. The topological polar surface area (TPSA) is 49.4 Å². The monoisotopic (exact) mass is 388 g/mol. The minimum atomic E-state index is -0.196. The highest BCUT2D eigenvalue weighted by Gasteiger charge is 2.29. The van der Waals surface area contributed by atoms with E-state index in [1.165, 1.54) is 0 Å². The maximum atomic E-state index is 12.7. The lowest BCUT2D eigenvalue weighted by molar-refractivity contribution is -0.121. The van der Waals surface area contributed by atoms with Crippen LogP contribution in [-0.4, -0.2) is 36.1 Å². The number of benzene rings is 2. The molecule has 1 aliphatic rings. The molecule has 1 aliphatic heterocycles. The van der Waals surface area contributed by atoms with Crippen molar-refractivity contribution in [3.63, 3.8) is 0 Å². The zero-order chi connectivity index (χ0) is 18.5. The molecular weight excluding hydrogens is 368 g/mol. The molecule has 4 nitrogen and oxygen atoms in total. The van der Waals surface area contributed by atoms with Crippen LogP contribution in [0.2, 0.25) is 5.02 Å². The maximum Gasteiger partial charge on any atom is 0.253 e. The summed E-state index contributed by atoms with van der Waals surface area (Å²) in [6.07, 6.45) is 3.61. The van der Waals surface area contributed by atoms with Gasteiger partial charge in [-0.05, 0) is 61.6 Å². The van der Waals surface area contributed by atoms with Gasteiger partial charge in [0.15, 0.2) is 0 Å². The molecule has 6 heteroatoms. The van der Waals surface area contributed by atoms with Crippen molar-refractivity contribution < 1.29 is 9.59 Å². The number of likely N-dealkylation sites (tertiary alicyclic amines) is 1. The molecule has 0 bridgehead atoms. The van der Waals surface area contributed by atoms with Crippen molar-refractivity contribution in [2.75, 3.05) is 24.7 Å². The molecule has 2 aromatic rings. The number of thioether (sulfide) groups is 1. The fourth-order valence-corrected chi connectivity index (χ4v) is 3.68. The maximum absolute atomic E-state index is 12.7. The van der Waals surface area contributed by atoms with Gasteiger partial charge in [0.05, 0.1) is 5.92 Å². The molecule has 1 N–H and O–H groups in total. The number of halogens is 1. The van der Waals surface area contributed by atoms with Gasteiger partial charge in [0.25, 0.3) is 5.91 Å². The van der Waals surface area contributed by atoms with Crippen molar-refractivity contribution in [3.05, 3.63) is 59.1 Å². The lowest BCUT2D eigenvalue weighted by atomic mass is 9.96. The first-order chi connectivity index (χ1) is 12.6. The second kappa shape index (κ2) is 8.60. The minimum absolute atomic E-state index is 0.0307. The van der Waals surface area contributed by atoms with E-state index < -0.39 is 0 Å². The third kappa shape index (κ3) is 4.59. The smallest absolute Gasteiger partial charge is 0.253 e. The Hall–Kier alpha value is -1.98. The number of hydrogen-bond donors (Lipinski definition) is 1. The highest BCUT2D eigenvalue weighted by molar-refractivity contribution is 7.98. The quantitative estimate of drug-likeness (QED) is 0.781. The van der Waals surface area contributed by atoms with E-state index in [1.54, 1.807) is 40.9 Å². The first kappa shape index (κ1) is 18.8. The zero-order valence-electron chi connectivity index (χ0n) is 14.6. The number of nitrogens with one attached hydrogen (secondary N) is 1. The average molecular weight is 389 g/mol. The summed E-state index contributed by atoms with van der Waals surface area (Å²) >= 11 is 7.52. The molecule has 0 aromatic heterocycles. The van der Waals surface area contributed by atoms with Crippen molar-refractivity contribution in [1.82, 2.24) is 4.90 Å². The van der Waals surface area contributed by atoms with Gasteiger partial charge in [-0.2, -0.15) is 0 Å². The van der Waals surface area contributed by atoms with Crippen LogP contribution in [0.5, 0.6) is 0 Å². The highest BCUT2D eigenvalue weighted by atomic mass is 35.5. The van der Waals surface area contributed by atoms with Gasteiger partial charge in [-0.3, -0.25) is 9.59 Å². The van der Waals surface area contributed by atoms with Crippen LogP contribution in [0.1, 0.15) is 23.2 Å². The average Bonchev–Trinajstić information content (AvgIpc) is 2.68. The predicted molar refractivity (Wildman–Crippen MR) is 107 cm³/mol. The number of nitrogens with zero attached hydrogens (tertiary/aromatic N) is 1. The minimum Gasteiger partial charge on any atom is -0.338 e. The van der Waals surface area contributed by atoms with Gasteiger partial charge in [-0.1, -0.05) is 17.7 Å². The molecule has 136 valence electrons. The summed E-state index contributed by atoms with van der Waals surface area (Å²) in [7, 11) is 0. The Bertz CT molecular complexity index is 795. The van der Waals surface area contributed by atoms with E-state index in [0.717, 1.165) is 23.4 Å². The molecule has 2 aromatic carbocycles. The molecule has 26 heavy (non-hydrogen) atoms. The Kier molecular flexibility index (Phi) is 6.22. The lowest BCUT2D eigenvalue weighted by Crippen LogP contribution is -2.43. The Labute approximate surface area is 162 Å². The van der Waals surface area contributed by atoms with Crippen molar-refractivity contribution in [3.8, 4) is 0 Å². The fourth-order valence-electron chi connectivity index (χ4n) is 3.10.